The third-order valence-corrected chi connectivity index (χ3v) is 0.918. The molecule has 1 radical (unpaired) electrons. The van der Waals surface area contributed by atoms with Gasteiger partial charge < -0.3 is 5.11 Å². The highest BCUT2D eigenvalue weighted by Crippen LogP contribution is 1.99. The van der Waals surface area contributed by atoms with Gasteiger partial charge in [0.25, 0.3) is 0 Å². The van der Waals surface area contributed by atoms with Crippen molar-refractivity contribution in [2.24, 2.45) is 0 Å². The quantitative estimate of drug-likeness (QED) is 0.594. The van der Waals surface area contributed by atoms with Crippen molar-refractivity contribution in [2.75, 3.05) is 0 Å². The first-order valence-corrected chi connectivity index (χ1v) is 2.46. The molecule has 1 heterocycles. The van der Waals surface area contributed by atoms with E-state index < -0.39 is 5.82 Å². The Kier molecular flexibility index (Phi) is 1.75. The van der Waals surface area contributed by atoms with Crippen LogP contribution in [0.5, 0.6) is 0 Å². The summed E-state index contributed by atoms with van der Waals surface area (Å²) in [6, 6.07) is 3.62. The van der Waals surface area contributed by atoms with E-state index in [1.54, 1.807) is 0 Å². The Morgan fingerprint density at radius 3 is 3.00 bits per heavy atom. The summed E-state index contributed by atoms with van der Waals surface area (Å²) >= 11 is 0. The highest BCUT2D eigenvalue weighted by molar-refractivity contribution is 5.03. The Balaban J connectivity index is 3.01. The van der Waals surface area contributed by atoms with E-state index >= 15 is 0 Å². The summed E-state index contributed by atoms with van der Waals surface area (Å²) in [5.41, 5.74) is 0.0394. The molecule has 0 fully saturated rings. The zero-order valence-corrected chi connectivity index (χ0v) is 4.63. The number of hydrogen-bond acceptors (Lipinski definition) is 2. The van der Waals surface area contributed by atoms with E-state index in [2.05, 4.69) is 11.1 Å². The first-order chi connectivity index (χ1) is 4.34. The lowest BCUT2D eigenvalue weighted by atomic mass is 10.3. The molecule has 0 saturated carbocycles. The number of nitrogens with zero attached hydrogens (tertiary/aromatic N) is 1. The molecule has 9 heavy (non-hydrogen) atoms. The molecule has 0 unspecified atom stereocenters. The van der Waals surface area contributed by atoms with Gasteiger partial charge >= 0.3 is 0 Å². The van der Waals surface area contributed by atoms with Crippen LogP contribution in [0.1, 0.15) is 5.69 Å². The fraction of sp³-hybridized carbons (Fsp3) is 0.167. The van der Waals surface area contributed by atoms with E-state index in [0.717, 1.165) is 0 Å². The van der Waals surface area contributed by atoms with Gasteiger partial charge in [-0.1, -0.05) is 0 Å². The van der Waals surface area contributed by atoms with Crippen LogP contribution < -0.4 is 0 Å². The van der Waals surface area contributed by atoms with Crippen LogP contribution in [0.4, 0.5) is 4.39 Å². The summed E-state index contributed by atoms with van der Waals surface area (Å²) in [7, 11) is 0. The summed E-state index contributed by atoms with van der Waals surface area (Å²) in [6.45, 7) is -0.372. The van der Waals surface area contributed by atoms with Gasteiger partial charge in [0.15, 0.2) is 5.82 Å². The van der Waals surface area contributed by atoms with Gasteiger partial charge in [0, 0.05) is 12.3 Å². The summed E-state index contributed by atoms with van der Waals surface area (Å²) in [5, 5.41) is 8.40. The van der Waals surface area contributed by atoms with Crippen LogP contribution in [0.3, 0.4) is 0 Å². The summed E-state index contributed by atoms with van der Waals surface area (Å²) in [6.07, 6.45) is 1.38. The molecule has 0 atom stereocenters. The topological polar surface area (TPSA) is 33.1 Å². The Bertz CT molecular complexity index is 202. The molecule has 3 heteroatoms. The predicted octanol–water partition coefficient (Wildman–Crippen LogP) is 0.513. The summed E-state index contributed by atoms with van der Waals surface area (Å²) in [5.74, 6) is -0.583. The number of rotatable bonds is 1. The van der Waals surface area contributed by atoms with Crippen LogP contribution in [0, 0.1) is 11.9 Å². The van der Waals surface area contributed by atoms with Gasteiger partial charge in [0.2, 0.25) is 0 Å². The third-order valence-electron chi connectivity index (χ3n) is 0.918. The van der Waals surface area contributed by atoms with E-state index in [4.69, 9.17) is 5.11 Å². The molecule has 1 aromatic rings. The predicted molar refractivity (Wildman–Crippen MR) is 29.0 cm³/mol. The maximum Gasteiger partial charge on any atom is 0.155 e. The van der Waals surface area contributed by atoms with Crippen LogP contribution in [0.2, 0.25) is 0 Å². The van der Waals surface area contributed by atoms with Crippen molar-refractivity contribution in [3.05, 3.63) is 29.8 Å². The molecule has 0 saturated heterocycles. The Hall–Kier alpha value is -0.960. The van der Waals surface area contributed by atoms with E-state index in [9.17, 15) is 4.39 Å². The van der Waals surface area contributed by atoms with Crippen molar-refractivity contribution >= 4 is 0 Å². The minimum Gasteiger partial charge on any atom is -0.390 e. The lowest BCUT2D eigenvalue weighted by Crippen LogP contribution is -1.92. The van der Waals surface area contributed by atoms with Crippen LogP contribution in [-0.2, 0) is 6.61 Å². The van der Waals surface area contributed by atoms with Gasteiger partial charge in [0.05, 0.1) is 6.61 Å². The van der Waals surface area contributed by atoms with Crippen molar-refractivity contribution in [3.8, 4) is 0 Å². The van der Waals surface area contributed by atoms with Crippen LogP contribution >= 0.6 is 0 Å². The normalized spacial score (nSPS) is 9.56. The minimum atomic E-state index is -0.583. The number of aliphatic hydroxyl groups excluding tert-OH is 1. The number of aliphatic hydroxyl groups is 1. The van der Waals surface area contributed by atoms with E-state index in [-0.39, 0.29) is 12.3 Å². The molecule has 2 nitrogen and oxygen atoms in total. The second kappa shape index (κ2) is 2.55. The molecule has 0 aliphatic carbocycles. The van der Waals surface area contributed by atoms with Crippen LogP contribution in [0.25, 0.3) is 0 Å². The maximum absolute atomic E-state index is 12.3. The zero-order valence-electron chi connectivity index (χ0n) is 4.63. The van der Waals surface area contributed by atoms with Gasteiger partial charge in [-0.3, -0.25) is 4.98 Å². The van der Waals surface area contributed by atoms with Gasteiger partial charge in [0.1, 0.15) is 5.69 Å². The molecule has 0 amide bonds. The monoisotopic (exact) mass is 126 g/mol. The van der Waals surface area contributed by atoms with E-state index in [1.165, 1.54) is 12.3 Å². The minimum absolute atomic E-state index is 0.0394. The average Bonchev–Trinajstić information content (AvgIpc) is 1.89. The van der Waals surface area contributed by atoms with Crippen molar-refractivity contribution in [2.45, 2.75) is 6.61 Å². The van der Waals surface area contributed by atoms with Crippen molar-refractivity contribution in [1.29, 1.82) is 0 Å². The lowest BCUT2D eigenvalue weighted by Gasteiger charge is -1.92. The first-order valence-electron chi connectivity index (χ1n) is 2.46. The van der Waals surface area contributed by atoms with E-state index in [1.807, 2.05) is 0 Å². The summed E-state index contributed by atoms with van der Waals surface area (Å²) in [4.78, 5) is 3.54. The van der Waals surface area contributed by atoms with Crippen molar-refractivity contribution in [3.63, 3.8) is 0 Å². The van der Waals surface area contributed by atoms with Crippen LogP contribution in [-0.4, -0.2) is 10.1 Å². The SMILES string of the molecule is OCc1ncc[c]c1F. The van der Waals surface area contributed by atoms with Gasteiger partial charge in [-0.15, -0.1) is 0 Å². The lowest BCUT2D eigenvalue weighted by molar-refractivity contribution is 0.270. The number of aromatic nitrogens is 1. The molecule has 47 valence electrons. The molecular weight excluding hydrogens is 121 g/mol. The van der Waals surface area contributed by atoms with Gasteiger partial charge in [-0.2, -0.15) is 0 Å². The largest absolute Gasteiger partial charge is 0.390 e. The second-order valence-corrected chi connectivity index (χ2v) is 1.51. The van der Waals surface area contributed by atoms with Crippen molar-refractivity contribution in [1.82, 2.24) is 4.98 Å². The zero-order chi connectivity index (χ0) is 6.69. The molecule has 0 aliphatic heterocycles. The average molecular weight is 126 g/mol. The van der Waals surface area contributed by atoms with Crippen molar-refractivity contribution < 1.29 is 9.50 Å². The number of hydrogen-bond donors (Lipinski definition) is 1. The number of pyridine rings is 1. The molecule has 0 aliphatic rings. The molecular formula is C6H5FNO. The second-order valence-electron chi connectivity index (χ2n) is 1.51. The molecule has 1 aromatic heterocycles. The smallest absolute Gasteiger partial charge is 0.155 e. The molecule has 1 rings (SSSR count). The fourth-order valence-corrected chi connectivity index (χ4v) is 0.488. The first kappa shape index (κ1) is 6.16. The molecule has 1 N–H and O–H groups in total. The maximum atomic E-state index is 12.3. The summed E-state index contributed by atoms with van der Waals surface area (Å²) < 4.78 is 12.3. The van der Waals surface area contributed by atoms with Gasteiger partial charge in [-0.25, -0.2) is 4.39 Å². The van der Waals surface area contributed by atoms with E-state index in [0.29, 0.717) is 0 Å². The Morgan fingerprint density at radius 1 is 1.78 bits per heavy atom. The standard InChI is InChI=1S/C6H5FNO/c7-5-2-1-3-8-6(5)4-9/h1,3,9H,4H2. The third kappa shape index (κ3) is 1.23. The molecule has 0 aromatic carbocycles. The molecule has 0 bridgehead atoms. The van der Waals surface area contributed by atoms with Gasteiger partial charge in [-0.05, 0) is 6.07 Å². The Morgan fingerprint density at radius 2 is 2.56 bits per heavy atom. The number of halogens is 1. The molecule has 0 spiro atoms. The highest BCUT2D eigenvalue weighted by Gasteiger charge is 1.97. The Labute approximate surface area is 52.0 Å². The van der Waals surface area contributed by atoms with Crippen LogP contribution in [0.15, 0.2) is 12.3 Å². The highest BCUT2D eigenvalue weighted by atomic mass is 19.1. The fourth-order valence-electron chi connectivity index (χ4n) is 0.488.